The van der Waals surface area contributed by atoms with E-state index in [0.29, 0.717) is 0 Å². The Labute approximate surface area is 134 Å². The summed E-state index contributed by atoms with van der Waals surface area (Å²) in [5.41, 5.74) is 0. The average molecular weight is 302 g/mol. The molecule has 1 atom stereocenters. The van der Waals surface area contributed by atoms with Crippen LogP contribution in [-0.2, 0) is 9.53 Å². The number of hydrogen-bond acceptors (Lipinski definition) is 3. The molecule has 0 spiro atoms. The third-order valence-corrected chi connectivity index (χ3v) is 2.73. The van der Waals surface area contributed by atoms with Gasteiger partial charge in [0, 0.05) is 6.92 Å². The molecule has 0 saturated carbocycles. The van der Waals surface area contributed by atoms with Crippen LogP contribution in [0.15, 0.2) is 24.3 Å². The summed E-state index contributed by atoms with van der Waals surface area (Å²) in [4.78, 5) is 10.5. The third kappa shape index (κ3) is 16.1. The van der Waals surface area contributed by atoms with Gasteiger partial charge in [0.15, 0.2) is 0 Å². The number of rotatable bonds is 9. The maximum atomic E-state index is 10.5. The number of allylic oxidation sites excluding steroid dienone is 2. The van der Waals surface area contributed by atoms with E-state index in [4.69, 9.17) is 4.74 Å². The van der Waals surface area contributed by atoms with Crippen molar-refractivity contribution in [3.05, 3.63) is 24.3 Å². The molecule has 1 N–H and O–H groups in total. The minimum Gasteiger partial charge on any atom is -0.462 e. The van der Waals surface area contributed by atoms with Crippen LogP contribution in [-0.4, -0.2) is 23.8 Å². The smallest absolute Gasteiger partial charge is 0.302 e. The van der Waals surface area contributed by atoms with Gasteiger partial charge in [-0.3, -0.25) is 4.79 Å². The number of aliphatic hydroxyl groups excluding tert-OH is 1. The van der Waals surface area contributed by atoms with Crippen LogP contribution in [0.2, 0.25) is 0 Å². The zero-order valence-electron chi connectivity index (χ0n) is 13.6. The lowest BCUT2D eigenvalue weighted by molar-refractivity contribution is -0.139. The van der Waals surface area contributed by atoms with E-state index in [1.165, 1.54) is 32.6 Å². The number of esters is 1. The van der Waals surface area contributed by atoms with Crippen LogP contribution in [0.1, 0.15) is 52.4 Å². The molecule has 0 aromatic carbocycles. The van der Waals surface area contributed by atoms with Gasteiger partial charge < -0.3 is 9.84 Å². The Morgan fingerprint density at radius 1 is 1.18 bits per heavy atom. The van der Waals surface area contributed by atoms with Crippen LogP contribution >= 0.6 is 0 Å². The molecule has 0 aliphatic rings. The van der Waals surface area contributed by atoms with Crippen LogP contribution in [0.3, 0.4) is 0 Å². The van der Waals surface area contributed by atoms with Crippen molar-refractivity contribution >= 4 is 5.97 Å². The van der Waals surface area contributed by atoms with E-state index < -0.39 is 6.10 Å². The van der Waals surface area contributed by atoms with Gasteiger partial charge in [0.05, 0.1) is 0 Å². The first kappa shape index (κ1) is 20.0. The Hall–Kier alpha value is -1.97. The monoisotopic (exact) mass is 302 g/mol. The van der Waals surface area contributed by atoms with Crippen molar-refractivity contribution in [3.63, 3.8) is 0 Å². The zero-order valence-corrected chi connectivity index (χ0v) is 13.6. The predicted octanol–water partition coefficient (Wildman–Crippen LogP) is 3.39. The minimum absolute atomic E-state index is 0.209. The number of carbonyl (C=O) groups is 1. The van der Waals surface area contributed by atoms with Crippen LogP contribution in [0.25, 0.3) is 0 Å². The second-order valence-electron chi connectivity index (χ2n) is 4.82. The molecule has 0 aromatic rings. The van der Waals surface area contributed by atoms with Gasteiger partial charge in [-0.05, 0) is 42.9 Å². The number of hydrogen-bond donors (Lipinski definition) is 1. The van der Waals surface area contributed by atoms with E-state index in [9.17, 15) is 9.90 Å². The molecule has 0 amide bonds. The summed E-state index contributed by atoms with van der Waals surface area (Å²) in [6.45, 7) is 3.76. The summed E-state index contributed by atoms with van der Waals surface area (Å²) in [5, 5.41) is 9.59. The standard InChI is InChI=1S/C19H26O3/c1-3-4-5-6-7-9-12-15-19(21)16-13-10-8-11-14-17-22-18(2)20/h11-12,14-15,19,21H,3-7,9,17H2,1-2H3/b14-11-,15-12+. The van der Waals surface area contributed by atoms with E-state index in [2.05, 4.69) is 30.6 Å². The van der Waals surface area contributed by atoms with Gasteiger partial charge in [-0.25, -0.2) is 0 Å². The van der Waals surface area contributed by atoms with Crippen molar-refractivity contribution in [2.75, 3.05) is 6.61 Å². The minimum atomic E-state index is -0.769. The molecule has 0 aromatic heterocycles. The first-order chi connectivity index (χ1) is 10.7. The van der Waals surface area contributed by atoms with Gasteiger partial charge >= 0.3 is 5.97 Å². The molecule has 0 rings (SSSR count). The van der Waals surface area contributed by atoms with E-state index in [0.717, 1.165) is 12.8 Å². The molecule has 3 nitrogen and oxygen atoms in total. The number of ether oxygens (including phenoxy) is 1. The molecule has 0 fully saturated rings. The maximum absolute atomic E-state index is 10.5. The topological polar surface area (TPSA) is 46.5 Å². The molecule has 0 heterocycles. The summed E-state index contributed by atoms with van der Waals surface area (Å²) in [5.74, 6) is 10.2. The molecule has 120 valence electrons. The lowest BCUT2D eigenvalue weighted by atomic mass is 10.1. The molecule has 0 saturated heterocycles. The first-order valence-corrected chi connectivity index (χ1v) is 7.81. The first-order valence-electron chi connectivity index (χ1n) is 7.81. The molecule has 3 heteroatoms. The van der Waals surface area contributed by atoms with Gasteiger partial charge in [0.2, 0.25) is 0 Å². The SMILES string of the molecule is CCCCCCC/C=C/C(O)C#CC#C/C=C\COC(C)=O. The van der Waals surface area contributed by atoms with Crippen molar-refractivity contribution < 1.29 is 14.6 Å². The molecule has 22 heavy (non-hydrogen) atoms. The van der Waals surface area contributed by atoms with Crippen LogP contribution in [0.5, 0.6) is 0 Å². The van der Waals surface area contributed by atoms with Gasteiger partial charge in [0.1, 0.15) is 12.7 Å². The Balaban J connectivity index is 3.79. The summed E-state index contributed by atoms with van der Waals surface area (Å²) in [7, 11) is 0. The van der Waals surface area contributed by atoms with Gasteiger partial charge in [-0.1, -0.05) is 50.5 Å². The highest BCUT2D eigenvalue weighted by molar-refractivity contribution is 5.66. The fraction of sp³-hybridized carbons (Fsp3) is 0.526. The van der Waals surface area contributed by atoms with E-state index in [-0.39, 0.29) is 12.6 Å². The molecule has 0 aliphatic carbocycles. The zero-order chi connectivity index (χ0) is 16.5. The Kier molecular flexibility index (Phi) is 14.0. The van der Waals surface area contributed by atoms with Crippen molar-refractivity contribution in [3.8, 4) is 23.7 Å². The summed E-state index contributed by atoms with van der Waals surface area (Å²) in [6.07, 6.45) is 13.3. The largest absolute Gasteiger partial charge is 0.462 e. The second kappa shape index (κ2) is 15.4. The van der Waals surface area contributed by atoms with Crippen LogP contribution < -0.4 is 0 Å². The van der Waals surface area contributed by atoms with E-state index in [1.807, 2.05) is 6.08 Å². The number of aliphatic hydroxyl groups is 1. The molecule has 0 radical (unpaired) electrons. The lowest BCUT2D eigenvalue weighted by Crippen LogP contribution is -1.97. The summed E-state index contributed by atoms with van der Waals surface area (Å²) >= 11 is 0. The van der Waals surface area contributed by atoms with Gasteiger partial charge in [-0.15, -0.1) is 0 Å². The highest BCUT2D eigenvalue weighted by atomic mass is 16.5. The molecular formula is C19H26O3. The molecule has 1 unspecified atom stereocenters. The second-order valence-corrected chi connectivity index (χ2v) is 4.82. The Bertz CT molecular complexity index is 466. The van der Waals surface area contributed by atoms with Crippen molar-refractivity contribution in [1.29, 1.82) is 0 Å². The molecule has 0 aliphatic heterocycles. The molecular weight excluding hydrogens is 276 g/mol. The normalized spacial score (nSPS) is 11.6. The summed E-state index contributed by atoms with van der Waals surface area (Å²) in [6, 6.07) is 0. The van der Waals surface area contributed by atoms with E-state index in [1.54, 1.807) is 18.2 Å². The van der Waals surface area contributed by atoms with Gasteiger partial charge in [0.25, 0.3) is 0 Å². The molecule has 0 bridgehead atoms. The highest BCUT2D eigenvalue weighted by Crippen LogP contribution is 2.05. The predicted molar refractivity (Wildman–Crippen MR) is 89.8 cm³/mol. The fourth-order valence-electron chi connectivity index (χ4n) is 1.60. The van der Waals surface area contributed by atoms with Crippen LogP contribution in [0.4, 0.5) is 0 Å². The average Bonchev–Trinajstić information content (AvgIpc) is 2.48. The van der Waals surface area contributed by atoms with Crippen molar-refractivity contribution in [1.82, 2.24) is 0 Å². The van der Waals surface area contributed by atoms with Crippen molar-refractivity contribution in [2.45, 2.75) is 58.5 Å². The Morgan fingerprint density at radius 3 is 2.68 bits per heavy atom. The fourth-order valence-corrected chi connectivity index (χ4v) is 1.60. The summed E-state index contributed by atoms with van der Waals surface area (Å²) < 4.78 is 4.69. The van der Waals surface area contributed by atoms with E-state index >= 15 is 0 Å². The number of unbranched alkanes of at least 4 members (excludes halogenated alkanes) is 5. The van der Waals surface area contributed by atoms with Crippen molar-refractivity contribution in [2.24, 2.45) is 0 Å². The Morgan fingerprint density at radius 2 is 1.95 bits per heavy atom. The number of carbonyl (C=O) groups excluding carboxylic acids is 1. The highest BCUT2D eigenvalue weighted by Gasteiger charge is 1.90. The quantitative estimate of drug-likeness (QED) is 0.307. The van der Waals surface area contributed by atoms with Crippen LogP contribution in [0, 0.1) is 23.7 Å². The van der Waals surface area contributed by atoms with Gasteiger partial charge in [-0.2, -0.15) is 0 Å². The maximum Gasteiger partial charge on any atom is 0.302 e. The lowest BCUT2D eigenvalue weighted by Gasteiger charge is -1.96. The third-order valence-electron chi connectivity index (χ3n) is 2.73.